The van der Waals surface area contributed by atoms with Gasteiger partial charge in [-0.25, -0.2) is 12.8 Å². The molecule has 0 radical (unpaired) electrons. The normalized spacial score (nSPS) is 15.2. The van der Waals surface area contributed by atoms with Gasteiger partial charge >= 0.3 is 0 Å². The maximum Gasteiger partial charge on any atom is 0.248 e. The van der Waals surface area contributed by atoms with Crippen molar-refractivity contribution < 1.29 is 26.6 Å². The molecule has 38 heavy (non-hydrogen) atoms. The SMILES string of the molecule is Cc1noc(C=Cc2ccccc2F)c1S(=O)(=O)N1CCC(C(=O)Nc2cccc(-c3ccno3)c2)CC1. The topological polar surface area (TPSA) is 119 Å². The van der Waals surface area contributed by atoms with Crippen molar-refractivity contribution >= 4 is 33.8 Å². The molecule has 2 aromatic carbocycles. The van der Waals surface area contributed by atoms with E-state index in [1.54, 1.807) is 49.5 Å². The second-order valence-corrected chi connectivity index (χ2v) is 10.8. The molecule has 0 spiro atoms. The maximum absolute atomic E-state index is 14.0. The average Bonchev–Trinajstić information content (AvgIpc) is 3.59. The number of carbonyl (C=O) groups excluding carboxylic acids is 1. The van der Waals surface area contributed by atoms with Crippen LogP contribution in [0.4, 0.5) is 10.1 Å². The fourth-order valence-electron chi connectivity index (χ4n) is 4.42. The number of carbonyl (C=O) groups is 1. The Kier molecular flexibility index (Phi) is 7.21. The molecule has 4 aromatic rings. The van der Waals surface area contributed by atoms with Gasteiger partial charge < -0.3 is 14.4 Å². The van der Waals surface area contributed by atoms with Crippen LogP contribution in [0.2, 0.25) is 0 Å². The second kappa shape index (κ2) is 10.7. The van der Waals surface area contributed by atoms with Crippen molar-refractivity contribution in [2.24, 2.45) is 5.92 Å². The summed E-state index contributed by atoms with van der Waals surface area (Å²) in [6.45, 7) is 1.88. The van der Waals surface area contributed by atoms with Gasteiger partial charge in [-0.3, -0.25) is 4.79 Å². The number of nitrogens with zero attached hydrogens (tertiary/aromatic N) is 3. The van der Waals surface area contributed by atoms with Gasteiger partial charge in [0, 0.05) is 41.9 Å². The van der Waals surface area contributed by atoms with Gasteiger partial charge in [-0.1, -0.05) is 40.6 Å². The maximum atomic E-state index is 14.0. The van der Waals surface area contributed by atoms with Gasteiger partial charge in [0.2, 0.25) is 15.9 Å². The largest absolute Gasteiger partial charge is 0.356 e. The molecule has 196 valence electrons. The summed E-state index contributed by atoms with van der Waals surface area (Å²) in [7, 11) is -3.95. The zero-order valence-corrected chi connectivity index (χ0v) is 21.3. The monoisotopic (exact) mass is 536 g/mol. The highest BCUT2D eigenvalue weighted by atomic mass is 32.2. The number of piperidine rings is 1. The first kappa shape index (κ1) is 25.6. The quantitative estimate of drug-likeness (QED) is 0.354. The number of hydrogen-bond acceptors (Lipinski definition) is 7. The number of rotatable bonds is 7. The smallest absolute Gasteiger partial charge is 0.248 e. The third-order valence-corrected chi connectivity index (χ3v) is 8.49. The van der Waals surface area contributed by atoms with Crippen molar-refractivity contribution in [1.29, 1.82) is 0 Å². The molecule has 1 N–H and O–H groups in total. The highest BCUT2D eigenvalue weighted by molar-refractivity contribution is 7.89. The standard InChI is InChI=1S/C27H25FN4O5S/c1-18-26(25(37-31-18)10-9-19-5-2-3-8-23(19)28)38(34,35)32-15-12-20(13-16-32)27(33)30-22-7-4-6-21(17-22)24-11-14-29-36-24/h2-11,14,17,20H,12-13,15-16H2,1H3,(H,30,33). The van der Waals surface area contributed by atoms with Crippen molar-refractivity contribution in [2.75, 3.05) is 18.4 Å². The molecule has 0 unspecified atom stereocenters. The first-order valence-electron chi connectivity index (χ1n) is 12.0. The third kappa shape index (κ3) is 5.29. The summed E-state index contributed by atoms with van der Waals surface area (Å²) in [6, 6.07) is 15.1. The van der Waals surface area contributed by atoms with Crippen LogP contribution in [0.15, 0.2) is 74.7 Å². The van der Waals surface area contributed by atoms with Crippen LogP contribution in [-0.4, -0.2) is 42.0 Å². The van der Waals surface area contributed by atoms with Crippen LogP contribution < -0.4 is 5.32 Å². The summed E-state index contributed by atoms with van der Waals surface area (Å²) in [5.74, 6) is -0.343. The highest BCUT2D eigenvalue weighted by Gasteiger charge is 2.36. The van der Waals surface area contributed by atoms with Crippen LogP contribution >= 0.6 is 0 Å². The number of hydrogen-bond donors (Lipinski definition) is 1. The number of amides is 1. The average molecular weight is 537 g/mol. The van der Waals surface area contributed by atoms with E-state index in [9.17, 15) is 17.6 Å². The number of nitrogens with one attached hydrogen (secondary N) is 1. The molecule has 0 aliphatic carbocycles. The first-order valence-corrected chi connectivity index (χ1v) is 13.5. The molecular weight excluding hydrogens is 511 g/mol. The molecule has 11 heteroatoms. The Hall–Kier alpha value is -4.09. The molecule has 1 saturated heterocycles. The van der Waals surface area contributed by atoms with Crippen LogP contribution in [0.3, 0.4) is 0 Å². The molecule has 0 saturated carbocycles. The first-order chi connectivity index (χ1) is 18.3. The van der Waals surface area contributed by atoms with Gasteiger partial charge in [0.05, 0.1) is 6.20 Å². The van der Waals surface area contributed by atoms with E-state index in [1.165, 1.54) is 22.5 Å². The number of sulfonamides is 1. The lowest BCUT2D eigenvalue weighted by molar-refractivity contribution is -0.120. The predicted molar refractivity (Wildman–Crippen MR) is 139 cm³/mol. The number of halogens is 1. The van der Waals surface area contributed by atoms with Crippen molar-refractivity contribution in [3.05, 3.63) is 83.6 Å². The van der Waals surface area contributed by atoms with Crippen LogP contribution in [0.5, 0.6) is 0 Å². The summed E-state index contributed by atoms with van der Waals surface area (Å²) >= 11 is 0. The lowest BCUT2D eigenvalue weighted by Crippen LogP contribution is -2.41. The summed E-state index contributed by atoms with van der Waals surface area (Å²) in [5, 5.41) is 10.4. The minimum absolute atomic E-state index is 0.0252. The number of anilines is 1. The fraction of sp³-hybridized carbons (Fsp3) is 0.222. The molecule has 1 aliphatic rings. The van der Waals surface area contributed by atoms with E-state index in [0.29, 0.717) is 29.9 Å². The second-order valence-electron chi connectivity index (χ2n) is 8.94. The third-order valence-electron chi connectivity index (χ3n) is 6.43. The zero-order valence-electron chi connectivity index (χ0n) is 20.5. The van der Waals surface area contributed by atoms with Crippen molar-refractivity contribution in [2.45, 2.75) is 24.7 Å². The van der Waals surface area contributed by atoms with E-state index < -0.39 is 15.8 Å². The molecule has 0 atom stereocenters. The molecular formula is C27H25FN4O5S. The van der Waals surface area contributed by atoms with Crippen LogP contribution in [0.25, 0.3) is 23.5 Å². The Morgan fingerprint density at radius 1 is 1.08 bits per heavy atom. The number of aromatic nitrogens is 2. The van der Waals surface area contributed by atoms with Gasteiger partial charge in [0.15, 0.2) is 16.4 Å². The Morgan fingerprint density at radius 2 is 1.87 bits per heavy atom. The van der Waals surface area contributed by atoms with Crippen molar-refractivity contribution in [3.8, 4) is 11.3 Å². The van der Waals surface area contributed by atoms with Crippen LogP contribution in [0, 0.1) is 18.7 Å². The van der Waals surface area contributed by atoms with E-state index in [2.05, 4.69) is 15.6 Å². The molecule has 0 bridgehead atoms. The van der Waals surface area contributed by atoms with Gasteiger partial charge in [0.25, 0.3) is 0 Å². The molecule has 9 nitrogen and oxygen atoms in total. The summed E-state index contributed by atoms with van der Waals surface area (Å²) in [6.07, 6.45) is 5.11. The van der Waals surface area contributed by atoms with Crippen LogP contribution in [-0.2, 0) is 14.8 Å². The minimum atomic E-state index is -3.95. The van der Waals surface area contributed by atoms with Gasteiger partial charge in [-0.15, -0.1) is 0 Å². The van der Waals surface area contributed by atoms with Gasteiger partial charge in [-0.2, -0.15) is 4.31 Å². The zero-order chi connectivity index (χ0) is 26.7. The van der Waals surface area contributed by atoms with Crippen molar-refractivity contribution in [1.82, 2.24) is 14.6 Å². The summed E-state index contributed by atoms with van der Waals surface area (Å²) in [4.78, 5) is 12.9. The lowest BCUT2D eigenvalue weighted by Gasteiger charge is -2.30. The van der Waals surface area contributed by atoms with E-state index >= 15 is 0 Å². The number of benzene rings is 2. The Bertz CT molecular complexity index is 1570. The summed E-state index contributed by atoms with van der Waals surface area (Å²) < 4.78 is 52.7. The molecule has 2 aromatic heterocycles. The van der Waals surface area contributed by atoms with E-state index in [0.717, 1.165) is 5.56 Å². The van der Waals surface area contributed by atoms with Crippen LogP contribution in [0.1, 0.15) is 29.9 Å². The Morgan fingerprint density at radius 3 is 2.61 bits per heavy atom. The fourth-order valence-corrected chi connectivity index (χ4v) is 6.14. The Labute approximate surface area is 219 Å². The molecule has 1 fully saturated rings. The van der Waals surface area contributed by atoms with E-state index in [1.807, 2.05) is 12.1 Å². The lowest BCUT2D eigenvalue weighted by atomic mass is 9.97. The molecule has 1 aliphatic heterocycles. The molecule has 5 rings (SSSR count). The van der Waals surface area contributed by atoms with Crippen molar-refractivity contribution in [3.63, 3.8) is 0 Å². The number of aryl methyl sites for hydroxylation is 1. The summed E-state index contributed by atoms with van der Waals surface area (Å²) in [5.41, 5.74) is 1.91. The van der Waals surface area contributed by atoms with Gasteiger partial charge in [-0.05, 0) is 50.1 Å². The molecule has 3 heterocycles. The van der Waals surface area contributed by atoms with Gasteiger partial charge in [0.1, 0.15) is 11.5 Å². The molecule has 1 amide bonds. The Balaban J connectivity index is 1.25. The van der Waals surface area contributed by atoms with E-state index in [-0.39, 0.29) is 41.3 Å². The van der Waals surface area contributed by atoms with E-state index in [4.69, 9.17) is 9.05 Å². The predicted octanol–water partition coefficient (Wildman–Crippen LogP) is 4.99. The highest BCUT2D eigenvalue weighted by Crippen LogP contribution is 2.30. The minimum Gasteiger partial charge on any atom is -0.356 e.